The van der Waals surface area contributed by atoms with E-state index in [1.807, 2.05) is 0 Å². The molecule has 2 heterocycles. The van der Waals surface area contributed by atoms with Crippen molar-refractivity contribution in [2.75, 3.05) is 13.1 Å². The van der Waals surface area contributed by atoms with Crippen molar-refractivity contribution in [1.29, 1.82) is 0 Å². The largest absolute Gasteiger partial charge is 0.480 e. The highest BCUT2D eigenvalue weighted by atomic mass is 16.4. The van der Waals surface area contributed by atoms with Gasteiger partial charge in [0.1, 0.15) is 6.04 Å². The molecule has 0 aromatic heterocycles. The smallest absolute Gasteiger partial charge is 0.325 e. The van der Waals surface area contributed by atoms with Crippen LogP contribution in [0.1, 0.15) is 26.2 Å². The van der Waals surface area contributed by atoms with Crippen LogP contribution in [0.4, 0.5) is 4.79 Å². The van der Waals surface area contributed by atoms with Crippen molar-refractivity contribution in [2.24, 2.45) is 0 Å². The minimum Gasteiger partial charge on any atom is -0.480 e. The molecule has 6 nitrogen and oxygen atoms in total. The number of carboxylic acids is 1. The lowest BCUT2D eigenvalue weighted by Gasteiger charge is -2.22. The lowest BCUT2D eigenvalue weighted by molar-refractivity contribution is -0.138. The second-order valence-corrected chi connectivity index (χ2v) is 4.82. The first kappa shape index (κ1) is 12.2. The lowest BCUT2D eigenvalue weighted by atomic mass is 10.1. The summed E-state index contributed by atoms with van der Waals surface area (Å²) >= 11 is 0. The monoisotopic (exact) mass is 241 g/mol. The van der Waals surface area contributed by atoms with Gasteiger partial charge < -0.3 is 15.7 Å². The minimum absolute atomic E-state index is 0.165. The van der Waals surface area contributed by atoms with Gasteiger partial charge in [-0.15, -0.1) is 0 Å². The van der Waals surface area contributed by atoms with E-state index in [-0.39, 0.29) is 12.1 Å². The number of fused-ring (bicyclic) bond motifs is 1. The van der Waals surface area contributed by atoms with Gasteiger partial charge in [0.05, 0.1) is 0 Å². The Kier molecular flexibility index (Phi) is 3.51. The third-order valence-corrected chi connectivity index (χ3v) is 3.64. The van der Waals surface area contributed by atoms with Crippen LogP contribution in [0, 0.1) is 0 Å². The van der Waals surface area contributed by atoms with Crippen LogP contribution in [0.2, 0.25) is 0 Å². The molecule has 0 radical (unpaired) electrons. The molecule has 0 aromatic rings. The molecule has 2 unspecified atom stereocenters. The number of hydrogen-bond acceptors (Lipinski definition) is 3. The van der Waals surface area contributed by atoms with Crippen LogP contribution in [0.15, 0.2) is 0 Å². The molecule has 6 heteroatoms. The van der Waals surface area contributed by atoms with Gasteiger partial charge in [-0.1, -0.05) is 0 Å². The number of nitrogens with zero attached hydrogens (tertiary/aromatic N) is 1. The van der Waals surface area contributed by atoms with Crippen LogP contribution in [0.5, 0.6) is 0 Å². The van der Waals surface area contributed by atoms with Crippen molar-refractivity contribution in [1.82, 2.24) is 15.5 Å². The highest BCUT2D eigenvalue weighted by Crippen LogP contribution is 2.27. The number of carboxylic acid groups (broad SMARTS) is 1. The van der Waals surface area contributed by atoms with Crippen molar-refractivity contribution in [3.8, 4) is 0 Å². The summed E-state index contributed by atoms with van der Waals surface area (Å²) in [4.78, 5) is 24.6. The Morgan fingerprint density at radius 3 is 2.82 bits per heavy atom. The van der Waals surface area contributed by atoms with Crippen molar-refractivity contribution in [3.63, 3.8) is 0 Å². The lowest BCUT2D eigenvalue weighted by Crippen LogP contribution is -2.50. The van der Waals surface area contributed by atoms with E-state index in [9.17, 15) is 9.59 Å². The fourth-order valence-electron chi connectivity index (χ4n) is 2.72. The average molecular weight is 241 g/mol. The third-order valence-electron chi connectivity index (χ3n) is 3.64. The van der Waals surface area contributed by atoms with Gasteiger partial charge in [-0.25, -0.2) is 4.79 Å². The summed E-state index contributed by atoms with van der Waals surface area (Å²) < 4.78 is 0. The summed E-state index contributed by atoms with van der Waals surface area (Å²) in [6.07, 6.45) is 3.27. The number of urea groups is 1. The fourth-order valence-corrected chi connectivity index (χ4v) is 2.72. The Bertz CT molecular complexity index is 321. The van der Waals surface area contributed by atoms with Crippen molar-refractivity contribution in [2.45, 2.75) is 44.3 Å². The molecule has 3 atom stereocenters. The predicted molar refractivity (Wildman–Crippen MR) is 61.8 cm³/mol. The van der Waals surface area contributed by atoms with Gasteiger partial charge in [0.2, 0.25) is 0 Å². The highest BCUT2D eigenvalue weighted by molar-refractivity contribution is 5.82. The highest BCUT2D eigenvalue weighted by Gasteiger charge is 2.37. The molecule has 3 N–H and O–H groups in total. The zero-order valence-corrected chi connectivity index (χ0v) is 9.98. The summed E-state index contributed by atoms with van der Waals surface area (Å²) in [6, 6.07) is -0.617. The maximum Gasteiger partial charge on any atom is 0.325 e. The number of amides is 2. The molecule has 2 aliphatic rings. The van der Waals surface area contributed by atoms with E-state index in [4.69, 9.17) is 5.11 Å². The third kappa shape index (κ3) is 2.69. The summed E-state index contributed by atoms with van der Waals surface area (Å²) in [5.74, 6) is -1.02. The Morgan fingerprint density at radius 1 is 1.35 bits per heavy atom. The number of nitrogens with one attached hydrogen (secondary N) is 2. The van der Waals surface area contributed by atoms with Gasteiger partial charge in [-0.3, -0.25) is 9.69 Å². The molecular weight excluding hydrogens is 222 g/mol. The van der Waals surface area contributed by atoms with Crippen LogP contribution in [-0.4, -0.2) is 53.2 Å². The molecule has 0 aliphatic carbocycles. The molecule has 0 spiro atoms. The van der Waals surface area contributed by atoms with E-state index < -0.39 is 12.0 Å². The number of aliphatic carboxylic acids is 1. The molecule has 0 saturated carbocycles. The van der Waals surface area contributed by atoms with Crippen LogP contribution in [0.25, 0.3) is 0 Å². The SMILES string of the molecule is C[C@@H](NC(=O)NC1CCN2CCCC12)C(=O)O. The predicted octanol–water partition coefficient (Wildman–Crippen LogP) is -0.00460. The van der Waals surface area contributed by atoms with E-state index in [2.05, 4.69) is 15.5 Å². The van der Waals surface area contributed by atoms with Gasteiger partial charge in [-0.2, -0.15) is 0 Å². The van der Waals surface area contributed by atoms with Gasteiger partial charge in [0.25, 0.3) is 0 Å². The number of carbonyl (C=O) groups excluding carboxylic acids is 1. The standard InChI is InChI=1S/C11H19N3O3/c1-7(10(15)16)12-11(17)13-8-4-6-14-5-2-3-9(8)14/h7-9H,2-6H2,1H3,(H,15,16)(H2,12,13,17)/t7-,8?,9?/m1/s1. The van der Waals surface area contributed by atoms with Gasteiger partial charge in [0, 0.05) is 18.6 Å². The molecule has 2 saturated heterocycles. The van der Waals surface area contributed by atoms with Crippen LogP contribution < -0.4 is 10.6 Å². The molecule has 0 aromatic carbocycles. The van der Waals surface area contributed by atoms with Crippen molar-refractivity contribution < 1.29 is 14.7 Å². The molecule has 17 heavy (non-hydrogen) atoms. The molecule has 2 rings (SSSR count). The van der Waals surface area contributed by atoms with Crippen molar-refractivity contribution in [3.05, 3.63) is 0 Å². The summed E-state index contributed by atoms with van der Waals surface area (Å²) in [5.41, 5.74) is 0. The van der Waals surface area contributed by atoms with E-state index >= 15 is 0 Å². The van der Waals surface area contributed by atoms with E-state index in [0.717, 1.165) is 25.9 Å². The van der Waals surface area contributed by atoms with Crippen LogP contribution in [0.3, 0.4) is 0 Å². The average Bonchev–Trinajstić information content (AvgIpc) is 2.82. The van der Waals surface area contributed by atoms with E-state index in [0.29, 0.717) is 6.04 Å². The molecule has 2 fully saturated rings. The molecule has 96 valence electrons. The zero-order valence-electron chi connectivity index (χ0n) is 9.98. The Hall–Kier alpha value is -1.30. The van der Waals surface area contributed by atoms with E-state index in [1.54, 1.807) is 0 Å². The van der Waals surface area contributed by atoms with Gasteiger partial charge in [-0.05, 0) is 32.7 Å². The van der Waals surface area contributed by atoms with Gasteiger partial charge in [0.15, 0.2) is 0 Å². The second kappa shape index (κ2) is 4.91. The first-order chi connectivity index (χ1) is 8.08. The minimum atomic E-state index is -1.02. The van der Waals surface area contributed by atoms with Crippen LogP contribution in [-0.2, 0) is 4.79 Å². The molecular formula is C11H19N3O3. The first-order valence-electron chi connectivity index (χ1n) is 6.12. The maximum absolute atomic E-state index is 11.6. The molecule has 2 aliphatic heterocycles. The topological polar surface area (TPSA) is 81.7 Å². The zero-order chi connectivity index (χ0) is 12.4. The Labute approximate surface area is 100 Å². The first-order valence-corrected chi connectivity index (χ1v) is 6.12. The second-order valence-electron chi connectivity index (χ2n) is 4.82. The van der Waals surface area contributed by atoms with Crippen LogP contribution >= 0.6 is 0 Å². The Morgan fingerprint density at radius 2 is 2.12 bits per heavy atom. The number of carbonyl (C=O) groups is 2. The molecule has 0 bridgehead atoms. The van der Waals surface area contributed by atoms with Gasteiger partial charge >= 0.3 is 12.0 Å². The number of hydrogen-bond donors (Lipinski definition) is 3. The maximum atomic E-state index is 11.6. The fraction of sp³-hybridized carbons (Fsp3) is 0.818. The quantitative estimate of drug-likeness (QED) is 0.649. The number of rotatable bonds is 3. The van der Waals surface area contributed by atoms with Crippen molar-refractivity contribution >= 4 is 12.0 Å². The van der Waals surface area contributed by atoms with E-state index in [1.165, 1.54) is 13.3 Å². The summed E-state index contributed by atoms with van der Waals surface area (Å²) in [5, 5.41) is 14.0. The summed E-state index contributed by atoms with van der Waals surface area (Å²) in [6.45, 7) is 3.61. The molecule has 2 amide bonds. The Balaban J connectivity index is 1.81. The summed E-state index contributed by atoms with van der Waals surface area (Å²) in [7, 11) is 0. The normalized spacial score (nSPS) is 29.7.